The zero-order valence-electron chi connectivity index (χ0n) is 11.4. The molecule has 0 unspecified atom stereocenters. The molecule has 17 heavy (non-hydrogen) atoms. The van der Waals surface area contributed by atoms with Crippen LogP contribution in [0, 0.1) is 0 Å². The first-order valence-corrected chi connectivity index (χ1v) is 6.10. The molecule has 0 saturated carbocycles. The minimum atomic E-state index is 0.737. The van der Waals surface area contributed by atoms with E-state index in [0.29, 0.717) is 0 Å². The van der Waals surface area contributed by atoms with Crippen molar-refractivity contribution >= 4 is 5.95 Å². The van der Waals surface area contributed by atoms with E-state index in [1.165, 1.54) is 0 Å². The van der Waals surface area contributed by atoms with E-state index in [-0.39, 0.29) is 0 Å². The Morgan fingerprint density at radius 3 is 2.71 bits per heavy atom. The minimum absolute atomic E-state index is 0.737. The topological polar surface area (TPSA) is 33.5 Å². The molecule has 1 rings (SSSR count). The highest BCUT2D eigenvalue weighted by atomic mass is 16.5. The Hall–Kier alpha value is -1.07. The van der Waals surface area contributed by atoms with Gasteiger partial charge in [-0.3, -0.25) is 0 Å². The minimum Gasteiger partial charge on any atom is -0.380 e. The first-order valence-electron chi connectivity index (χ1n) is 6.10. The van der Waals surface area contributed by atoms with Gasteiger partial charge in [-0.05, 0) is 21.0 Å². The van der Waals surface area contributed by atoms with E-state index < -0.39 is 0 Å². The molecule has 1 aromatic rings. The second-order valence-electron chi connectivity index (χ2n) is 4.34. The maximum atomic E-state index is 5.36. The van der Waals surface area contributed by atoms with Crippen LogP contribution in [-0.4, -0.2) is 61.9 Å². The molecule has 0 fully saturated rings. The summed E-state index contributed by atoms with van der Waals surface area (Å²) in [5, 5.41) is 0. The zero-order chi connectivity index (χ0) is 12.7. The number of likely N-dealkylation sites (N-methyl/N-ethyl adjacent to an activating group) is 2. The van der Waals surface area contributed by atoms with E-state index in [0.717, 1.165) is 38.8 Å². The fraction of sp³-hybridized carbons (Fsp3) is 0.750. The summed E-state index contributed by atoms with van der Waals surface area (Å²) >= 11 is 0. The van der Waals surface area contributed by atoms with Gasteiger partial charge in [0.2, 0.25) is 5.95 Å². The molecule has 0 radical (unpaired) electrons. The Morgan fingerprint density at radius 1 is 1.29 bits per heavy atom. The molecule has 1 heterocycles. The smallest absolute Gasteiger partial charge is 0.205 e. The summed E-state index contributed by atoms with van der Waals surface area (Å²) in [5.74, 6) is 1.01. The van der Waals surface area contributed by atoms with Gasteiger partial charge in [0.15, 0.2) is 0 Å². The summed E-state index contributed by atoms with van der Waals surface area (Å²) in [5.41, 5.74) is 0. The van der Waals surface area contributed by atoms with Gasteiger partial charge >= 0.3 is 0 Å². The summed E-state index contributed by atoms with van der Waals surface area (Å²) in [6.07, 6.45) is 3.84. The normalized spacial score (nSPS) is 11.1. The summed E-state index contributed by atoms with van der Waals surface area (Å²) in [7, 11) is 6.23. The number of aromatic nitrogens is 2. The van der Waals surface area contributed by atoms with Crippen LogP contribution in [0.5, 0.6) is 0 Å². The predicted molar refractivity (Wildman–Crippen MR) is 70.5 cm³/mol. The molecular formula is C12H24N4O. The van der Waals surface area contributed by atoms with Gasteiger partial charge in [-0.15, -0.1) is 0 Å². The van der Waals surface area contributed by atoms with E-state index in [2.05, 4.69) is 40.5 Å². The average Bonchev–Trinajstić information content (AvgIpc) is 2.74. The van der Waals surface area contributed by atoms with Crippen molar-refractivity contribution < 1.29 is 4.74 Å². The Bertz CT molecular complexity index is 311. The lowest BCUT2D eigenvalue weighted by atomic mass is 10.5. The van der Waals surface area contributed by atoms with Crippen molar-refractivity contribution in [3.8, 4) is 0 Å². The molecule has 0 aromatic carbocycles. The summed E-state index contributed by atoms with van der Waals surface area (Å²) in [6.45, 7) is 6.36. The number of hydrogen-bond donors (Lipinski definition) is 0. The van der Waals surface area contributed by atoms with Crippen molar-refractivity contribution in [2.45, 2.75) is 13.5 Å². The van der Waals surface area contributed by atoms with E-state index in [9.17, 15) is 0 Å². The van der Waals surface area contributed by atoms with Gasteiger partial charge in [-0.2, -0.15) is 0 Å². The second-order valence-corrected chi connectivity index (χ2v) is 4.34. The molecule has 98 valence electrons. The van der Waals surface area contributed by atoms with E-state index in [1.54, 1.807) is 0 Å². The molecule has 0 amide bonds. The van der Waals surface area contributed by atoms with Crippen molar-refractivity contribution in [3.05, 3.63) is 12.4 Å². The predicted octanol–water partition coefficient (Wildman–Crippen LogP) is 0.917. The highest BCUT2D eigenvalue weighted by Gasteiger charge is 2.08. The van der Waals surface area contributed by atoms with Crippen molar-refractivity contribution in [2.24, 2.45) is 0 Å². The number of hydrogen-bond acceptors (Lipinski definition) is 4. The maximum Gasteiger partial charge on any atom is 0.205 e. The molecular weight excluding hydrogens is 216 g/mol. The standard InChI is InChI=1S/C12H24N4O/c1-5-17-11-10-16-7-6-13-12(16)15(4)9-8-14(2)3/h6-7H,5,8-11H2,1-4H3. The average molecular weight is 240 g/mol. The fourth-order valence-electron chi connectivity index (χ4n) is 1.57. The van der Waals surface area contributed by atoms with E-state index in [4.69, 9.17) is 4.74 Å². The molecule has 0 aliphatic carbocycles. The van der Waals surface area contributed by atoms with Crippen molar-refractivity contribution in [1.82, 2.24) is 14.5 Å². The van der Waals surface area contributed by atoms with Gasteiger partial charge in [-0.1, -0.05) is 0 Å². The maximum absolute atomic E-state index is 5.36. The monoisotopic (exact) mass is 240 g/mol. The van der Waals surface area contributed by atoms with Gasteiger partial charge < -0.3 is 19.1 Å². The lowest BCUT2D eigenvalue weighted by molar-refractivity contribution is 0.139. The highest BCUT2D eigenvalue weighted by molar-refractivity contribution is 5.29. The third kappa shape index (κ3) is 4.75. The zero-order valence-corrected chi connectivity index (χ0v) is 11.4. The van der Waals surface area contributed by atoms with Gasteiger partial charge in [0.1, 0.15) is 0 Å². The first kappa shape index (κ1) is 14.0. The number of ether oxygens (including phenoxy) is 1. The number of rotatable bonds is 8. The van der Waals surface area contributed by atoms with Gasteiger partial charge in [-0.25, -0.2) is 4.98 Å². The third-order valence-corrected chi connectivity index (χ3v) is 2.60. The van der Waals surface area contributed by atoms with Crippen LogP contribution in [0.2, 0.25) is 0 Å². The summed E-state index contributed by atoms with van der Waals surface area (Å²) in [4.78, 5) is 8.73. The van der Waals surface area contributed by atoms with Crippen LogP contribution < -0.4 is 4.90 Å². The largest absolute Gasteiger partial charge is 0.380 e. The second kappa shape index (κ2) is 7.29. The summed E-state index contributed by atoms with van der Waals surface area (Å²) in [6, 6.07) is 0. The molecule has 5 nitrogen and oxygen atoms in total. The van der Waals surface area contributed by atoms with Crippen LogP contribution in [0.15, 0.2) is 12.4 Å². The molecule has 0 atom stereocenters. The molecule has 1 aromatic heterocycles. The lowest BCUT2D eigenvalue weighted by Gasteiger charge is -2.21. The molecule has 0 N–H and O–H groups in total. The highest BCUT2D eigenvalue weighted by Crippen LogP contribution is 2.09. The quantitative estimate of drug-likeness (QED) is 0.633. The number of imidazole rings is 1. The van der Waals surface area contributed by atoms with Crippen molar-refractivity contribution in [1.29, 1.82) is 0 Å². The lowest BCUT2D eigenvalue weighted by Crippen LogP contribution is -2.30. The van der Waals surface area contributed by atoms with Crippen LogP contribution in [0.25, 0.3) is 0 Å². The first-order chi connectivity index (χ1) is 8.15. The molecule has 0 spiro atoms. The summed E-state index contributed by atoms with van der Waals surface area (Å²) < 4.78 is 7.49. The van der Waals surface area contributed by atoms with Crippen LogP contribution in [0.1, 0.15) is 6.92 Å². The van der Waals surface area contributed by atoms with Crippen molar-refractivity contribution in [3.63, 3.8) is 0 Å². The van der Waals surface area contributed by atoms with E-state index in [1.807, 2.05) is 19.3 Å². The van der Waals surface area contributed by atoms with E-state index >= 15 is 0 Å². The number of anilines is 1. The number of nitrogens with zero attached hydrogens (tertiary/aromatic N) is 4. The van der Waals surface area contributed by atoms with Crippen LogP contribution in [0.4, 0.5) is 5.95 Å². The van der Waals surface area contributed by atoms with Gasteiger partial charge in [0.05, 0.1) is 6.61 Å². The molecule has 0 aliphatic heterocycles. The van der Waals surface area contributed by atoms with Crippen LogP contribution in [0.3, 0.4) is 0 Å². The van der Waals surface area contributed by atoms with Crippen LogP contribution in [-0.2, 0) is 11.3 Å². The SMILES string of the molecule is CCOCCn1ccnc1N(C)CCN(C)C. The Balaban J connectivity index is 2.48. The Kier molecular flexibility index (Phi) is 6.00. The fourth-order valence-corrected chi connectivity index (χ4v) is 1.57. The third-order valence-electron chi connectivity index (χ3n) is 2.60. The molecule has 0 bridgehead atoms. The molecule has 5 heteroatoms. The van der Waals surface area contributed by atoms with Crippen molar-refractivity contribution in [2.75, 3.05) is 52.3 Å². The van der Waals surface area contributed by atoms with Crippen LogP contribution >= 0.6 is 0 Å². The van der Waals surface area contributed by atoms with Gasteiger partial charge in [0, 0.05) is 45.7 Å². The molecule has 0 aliphatic rings. The Morgan fingerprint density at radius 2 is 2.06 bits per heavy atom. The van der Waals surface area contributed by atoms with Gasteiger partial charge in [0.25, 0.3) is 0 Å². The molecule has 0 saturated heterocycles. The Labute approximate surface area is 104 Å².